The monoisotopic (exact) mass is 1220 g/mol. The molecule has 0 heterocycles. The third-order valence-electron chi connectivity index (χ3n) is 0. The molecule has 0 aromatic carbocycles. The first kappa shape index (κ1) is 7260. The molecule has 41 heavy (non-hydrogen) atoms. The molecule has 0 aliphatic heterocycles. The zero-order valence-electron chi connectivity index (χ0n) is 20.2. The van der Waals surface area contributed by atoms with Crippen LogP contribution in [0.15, 0.2) is 0 Å². The summed E-state index contributed by atoms with van der Waals surface area (Å²) in [4.78, 5) is 0. The Morgan fingerprint density at radius 1 is 0.146 bits per heavy atom. The molecule has 0 spiro atoms. The van der Waals surface area contributed by atoms with E-state index in [4.69, 9.17) is 0 Å². The molecule has 0 aliphatic carbocycles. The third kappa shape index (κ3) is 6460. The van der Waals surface area contributed by atoms with E-state index in [1.807, 2.05) is 0 Å². The van der Waals surface area contributed by atoms with Crippen LogP contribution < -0.4 is 24.6 Å². The van der Waals surface area contributed by atoms with Crippen LogP contribution in [0.1, 0.15) is 0 Å². The van der Waals surface area contributed by atoms with E-state index < -0.39 is 0 Å². The van der Waals surface area contributed by atoms with E-state index in [0.29, 0.717) is 0 Å². The fraction of sp³-hybridized carbons (Fsp3) is 0. The Hall–Kier alpha value is 3.39. The van der Waals surface area contributed by atoms with E-state index in [0.717, 1.165) is 0 Å². The van der Waals surface area contributed by atoms with Gasteiger partial charge in [-0.3, -0.25) is 0 Å². The first-order chi connectivity index (χ1) is 0. The van der Waals surface area contributed by atoms with Gasteiger partial charge in [0.15, 0.2) is 0 Å². The van der Waals surface area contributed by atoms with Gasteiger partial charge in [-0.25, -0.2) is 0 Å². The average Bonchev–Trinajstić information content (AvgIpc) is 0. The number of hydrogen-bond acceptors (Lipinski definition) is 6. The molecular formula is H34Mo6N4O30Zn-36. The van der Waals surface area contributed by atoms with E-state index in [2.05, 4.69) is 0 Å². The van der Waals surface area contributed by atoms with Crippen LogP contribution in [0.2, 0.25) is 0 Å². The summed E-state index contributed by atoms with van der Waals surface area (Å²) in [6.45, 7) is 0. The maximum Gasteiger partial charge on any atom is 2.00 e. The number of rotatable bonds is 0. The molecule has 0 unspecified atom stereocenters. The van der Waals surface area contributed by atoms with Crippen molar-refractivity contribution in [2.75, 3.05) is 0 Å². The van der Waals surface area contributed by atoms with Crippen molar-refractivity contribution in [1.82, 2.24) is 24.6 Å². The molecule has 0 rings (SSSR count). The maximum absolute atomic E-state index is 0. The Morgan fingerprint density at radius 2 is 0.146 bits per heavy atom. The molecule has 0 fully saturated rings. The van der Waals surface area contributed by atoms with E-state index >= 15 is 0 Å². The van der Waals surface area contributed by atoms with Crippen molar-refractivity contribution in [1.29, 1.82) is 0 Å². The van der Waals surface area contributed by atoms with Crippen molar-refractivity contribution in [3.8, 4) is 0 Å². The normalized spacial score (nSPS) is 0. The van der Waals surface area contributed by atoms with Crippen molar-refractivity contribution in [3.05, 3.63) is 0 Å². The minimum Gasteiger partial charge on any atom is -2.00 e. The molecule has 0 saturated carbocycles. The fourth-order valence-corrected chi connectivity index (χ4v) is 0. The van der Waals surface area contributed by atoms with Gasteiger partial charge in [-0.05, 0) is 0 Å². The Morgan fingerprint density at radius 3 is 0.146 bits per heavy atom. The van der Waals surface area contributed by atoms with Gasteiger partial charge in [0.05, 0.1) is 0 Å². The van der Waals surface area contributed by atoms with Crippen molar-refractivity contribution < 1.29 is 310 Å². The number of hydrogen-bond donors (Lipinski definition) is 4. The molecule has 0 aromatic rings. The summed E-state index contributed by atoms with van der Waals surface area (Å²) in [5, 5.41) is 0. The van der Waals surface area contributed by atoms with Gasteiger partial charge in [0.25, 0.3) is 0 Å². The summed E-state index contributed by atoms with van der Waals surface area (Å²) < 4.78 is 0. The SMILES string of the molecule is O.O.O.O.O.O.[Mo].[Mo].[Mo].[Mo].[Mo].[Mo].[NH4+].[NH4+].[NH4+].[NH4+].[O-2].[O-2].[O-2].[O-2].[O-2].[O-2].[O-2].[O-2].[O-2].[O-2].[O-2].[O-2].[O-2].[O-2].[O-2].[O-2].[O-2].[O-2].[OH-].[OH-].[OH-].[OH-].[OH-].[OH-].[Zn+2]. The largest absolute Gasteiger partial charge is 2.00 e. The molecule has 0 aliphatic rings. The summed E-state index contributed by atoms with van der Waals surface area (Å²) in [5.41, 5.74) is 0. The molecule has 0 bridgehead atoms. The van der Waals surface area contributed by atoms with Crippen molar-refractivity contribution in [3.63, 3.8) is 0 Å². The Balaban J connectivity index is 0. The minimum absolute atomic E-state index is 0. The molecule has 0 aromatic heterocycles. The molecule has 34 nitrogen and oxygen atoms in total. The molecule has 0 amide bonds. The van der Waals surface area contributed by atoms with Crippen LogP contribution in [0.4, 0.5) is 0 Å². The van der Waals surface area contributed by atoms with Gasteiger partial charge in [0, 0.05) is 126 Å². The van der Waals surface area contributed by atoms with Crippen LogP contribution in [-0.2, 0) is 244 Å². The second-order valence-corrected chi connectivity index (χ2v) is 0. The van der Waals surface area contributed by atoms with Gasteiger partial charge >= 0.3 is 19.5 Å². The average molecular weight is 1210 g/mol. The minimum atomic E-state index is 0. The molecular weight excluding hydrogens is 1180 g/mol. The zero-order chi connectivity index (χ0) is 0. The van der Waals surface area contributed by atoms with Gasteiger partial charge in [-0.2, -0.15) is 0 Å². The predicted octanol–water partition coefficient (Wildman–Crippen LogP) is -6.66. The summed E-state index contributed by atoms with van der Waals surface area (Å²) >= 11 is 0. The van der Waals surface area contributed by atoms with Gasteiger partial charge < -0.3 is 189 Å². The van der Waals surface area contributed by atoms with E-state index in [9.17, 15) is 0 Å². The second-order valence-electron chi connectivity index (χ2n) is 0. The summed E-state index contributed by atoms with van der Waals surface area (Å²) in [6, 6.07) is 0. The van der Waals surface area contributed by atoms with Crippen LogP contribution in [0.5, 0.6) is 0 Å². The molecule has 34 N–H and O–H groups in total. The van der Waals surface area contributed by atoms with Crippen LogP contribution in [-0.4, -0.2) is 65.7 Å². The molecule has 0 atom stereocenters. The quantitative estimate of drug-likeness (QED) is 0.171. The van der Waals surface area contributed by atoms with Crippen molar-refractivity contribution in [2.24, 2.45) is 0 Å². The van der Waals surface area contributed by atoms with E-state index in [1.54, 1.807) is 0 Å². The van der Waals surface area contributed by atoms with Crippen LogP contribution >= 0.6 is 0 Å². The van der Waals surface area contributed by atoms with Crippen LogP contribution in [0.25, 0.3) is 0 Å². The zero-order valence-corrected chi connectivity index (χ0v) is 35.2. The molecule has 0 radical (unpaired) electrons. The van der Waals surface area contributed by atoms with Gasteiger partial charge in [0.2, 0.25) is 0 Å². The predicted molar refractivity (Wildman–Crippen MR) is 69.6 cm³/mol. The smallest absolute Gasteiger partial charge is 2.00 e. The second kappa shape index (κ2) is 6770. The summed E-state index contributed by atoms with van der Waals surface area (Å²) in [7, 11) is 0. The van der Waals surface area contributed by atoms with Gasteiger partial charge in [-0.15, -0.1) is 0 Å². The van der Waals surface area contributed by atoms with Crippen molar-refractivity contribution >= 4 is 0 Å². The first-order valence-electron chi connectivity index (χ1n) is 0. The third-order valence-corrected chi connectivity index (χ3v) is 0. The summed E-state index contributed by atoms with van der Waals surface area (Å²) in [6.07, 6.45) is 0. The standard InChI is InChI=1S/6Mo.4H3N.12H2O.18O.Zn/h;;;;;;4*1H3;12*1H2;;;;;;;;;;;;;;;;;;;/q;;;;;;;;;;;;;;;;;;;;;;18*-2;+2/p-2. The summed E-state index contributed by atoms with van der Waals surface area (Å²) in [5.74, 6) is 0. The van der Waals surface area contributed by atoms with Gasteiger partial charge in [-0.1, -0.05) is 0 Å². The fourth-order valence-electron chi connectivity index (χ4n) is 0. The number of quaternary nitrogens is 4. The Labute approximate surface area is 332 Å². The maximum atomic E-state index is 0. The Bertz CT molecular complexity index is 48.9. The topological polar surface area (TPSA) is 1030 Å². The van der Waals surface area contributed by atoms with Crippen molar-refractivity contribution in [2.45, 2.75) is 0 Å². The van der Waals surface area contributed by atoms with E-state index in [-0.39, 0.29) is 335 Å². The molecule has 308 valence electrons. The Kier molecular flexibility index (Phi) is 1200000. The first-order valence-corrected chi connectivity index (χ1v) is 0. The van der Waals surface area contributed by atoms with E-state index in [1.165, 1.54) is 0 Å². The van der Waals surface area contributed by atoms with Gasteiger partial charge in [0.1, 0.15) is 0 Å². The molecule has 41 heteroatoms. The molecule has 0 saturated heterocycles. The van der Waals surface area contributed by atoms with Crippen LogP contribution in [0.3, 0.4) is 0 Å². The van der Waals surface area contributed by atoms with Crippen LogP contribution in [0, 0.1) is 0 Å².